The minimum absolute atomic E-state index is 0.0505. The molecule has 108 valence electrons. The fraction of sp³-hybridized carbons (Fsp3) is 0.571. The molecular weight excluding hydrogens is 272 g/mol. The number of ether oxygens (including phenoxy) is 1. The van der Waals surface area contributed by atoms with E-state index in [9.17, 15) is 0 Å². The summed E-state index contributed by atoms with van der Waals surface area (Å²) in [6.07, 6.45) is 2.95. The highest BCUT2D eigenvalue weighted by atomic mass is 32.1. The number of aromatic nitrogens is 3. The van der Waals surface area contributed by atoms with Gasteiger partial charge in [-0.15, -0.1) is 21.5 Å². The van der Waals surface area contributed by atoms with Crippen LogP contribution < -0.4 is 0 Å². The van der Waals surface area contributed by atoms with E-state index in [0.29, 0.717) is 0 Å². The Morgan fingerprint density at radius 3 is 3.25 bits per heavy atom. The molecule has 20 heavy (non-hydrogen) atoms. The van der Waals surface area contributed by atoms with Crippen LogP contribution in [0.25, 0.3) is 0 Å². The molecule has 5 nitrogen and oxygen atoms in total. The van der Waals surface area contributed by atoms with Crippen molar-refractivity contribution in [2.45, 2.75) is 26.0 Å². The lowest BCUT2D eigenvalue weighted by molar-refractivity contribution is -0.0355. The lowest BCUT2D eigenvalue weighted by Crippen LogP contribution is -2.40. The topological polar surface area (TPSA) is 43.2 Å². The second-order valence-electron chi connectivity index (χ2n) is 4.96. The average Bonchev–Trinajstić information content (AvgIpc) is 3.16. The Labute approximate surface area is 123 Å². The van der Waals surface area contributed by atoms with Crippen molar-refractivity contribution < 1.29 is 4.74 Å². The minimum atomic E-state index is 0.0505. The summed E-state index contributed by atoms with van der Waals surface area (Å²) in [5.74, 6) is 0.952. The zero-order valence-corrected chi connectivity index (χ0v) is 12.6. The van der Waals surface area contributed by atoms with Crippen LogP contribution in [0.5, 0.6) is 0 Å². The maximum absolute atomic E-state index is 5.87. The standard InChI is InChI=1S/C14H20N4OS/c1-2-18-11-15-16-14(18)13-10-17(7-8-19-13)6-5-12-4-3-9-20-12/h3-4,9,11,13H,2,5-8,10H2,1H3/t13-/m0/s1. The lowest BCUT2D eigenvalue weighted by atomic mass is 10.2. The fourth-order valence-corrected chi connectivity index (χ4v) is 3.24. The lowest BCUT2D eigenvalue weighted by Gasteiger charge is -2.32. The molecule has 6 heteroatoms. The molecule has 0 N–H and O–H groups in total. The largest absolute Gasteiger partial charge is 0.368 e. The zero-order chi connectivity index (χ0) is 13.8. The van der Waals surface area contributed by atoms with Crippen LogP contribution in [0.15, 0.2) is 23.8 Å². The van der Waals surface area contributed by atoms with Crippen LogP contribution >= 0.6 is 11.3 Å². The van der Waals surface area contributed by atoms with Gasteiger partial charge in [-0.3, -0.25) is 4.90 Å². The monoisotopic (exact) mass is 292 g/mol. The van der Waals surface area contributed by atoms with Crippen LogP contribution in [0.4, 0.5) is 0 Å². The Hall–Kier alpha value is -1.24. The molecule has 3 rings (SSSR count). The van der Waals surface area contributed by atoms with Crippen LogP contribution in [0, 0.1) is 0 Å². The summed E-state index contributed by atoms with van der Waals surface area (Å²) >= 11 is 1.83. The normalized spacial score (nSPS) is 20.4. The van der Waals surface area contributed by atoms with Crippen molar-refractivity contribution in [3.63, 3.8) is 0 Å². The first-order valence-corrected chi connectivity index (χ1v) is 7.99. The molecule has 0 unspecified atom stereocenters. The van der Waals surface area contributed by atoms with E-state index < -0.39 is 0 Å². The van der Waals surface area contributed by atoms with Crippen molar-refractivity contribution in [1.29, 1.82) is 0 Å². The average molecular weight is 292 g/mol. The quantitative estimate of drug-likeness (QED) is 0.845. The highest BCUT2D eigenvalue weighted by Crippen LogP contribution is 2.21. The Morgan fingerprint density at radius 1 is 1.50 bits per heavy atom. The van der Waals surface area contributed by atoms with Crippen molar-refractivity contribution in [2.75, 3.05) is 26.2 Å². The smallest absolute Gasteiger partial charge is 0.163 e. The van der Waals surface area contributed by atoms with Crippen LogP contribution in [-0.4, -0.2) is 45.9 Å². The molecule has 1 aliphatic rings. The number of aryl methyl sites for hydroxylation is 1. The molecule has 0 bridgehead atoms. The second-order valence-corrected chi connectivity index (χ2v) is 6.00. The van der Waals surface area contributed by atoms with E-state index in [4.69, 9.17) is 4.74 Å². The van der Waals surface area contributed by atoms with Gasteiger partial charge in [0.15, 0.2) is 5.82 Å². The van der Waals surface area contributed by atoms with Gasteiger partial charge in [0.1, 0.15) is 12.4 Å². The summed E-state index contributed by atoms with van der Waals surface area (Å²) < 4.78 is 7.93. The molecule has 0 aromatic carbocycles. The van der Waals surface area contributed by atoms with E-state index in [0.717, 1.165) is 45.0 Å². The second kappa shape index (κ2) is 6.47. The van der Waals surface area contributed by atoms with E-state index in [-0.39, 0.29) is 6.10 Å². The van der Waals surface area contributed by atoms with Gasteiger partial charge in [0.2, 0.25) is 0 Å². The SMILES string of the molecule is CCn1cnnc1[C@@H]1CN(CCc2cccs2)CCO1. The number of hydrogen-bond acceptors (Lipinski definition) is 5. The van der Waals surface area contributed by atoms with Crippen molar-refractivity contribution in [3.05, 3.63) is 34.5 Å². The number of rotatable bonds is 5. The third-order valence-corrected chi connectivity index (χ3v) is 4.62. The zero-order valence-electron chi connectivity index (χ0n) is 11.7. The van der Waals surface area contributed by atoms with Gasteiger partial charge in [-0.05, 0) is 24.8 Å². The van der Waals surface area contributed by atoms with Crippen molar-refractivity contribution >= 4 is 11.3 Å². The Morgan fingerprint density at radius 2 is 2.45 bits per heavy atom. The van der Waals surface area contributed by atoms with Crippen LogP contribution in [0.3, 0.4) is 0 Å². The summed E-state index contributed by atoms with van der Waals surface area (Å²) in [6.45, 7) is 6.75. The molecule has 0 saturated carbocycles. The fourth-order valence-electron chi connectivity index (χ4n) is 2.54. The van der Waals surface area contributed by atoms with Crippen LogP contribution in [-0.2, 0) is 17.7 Å². The van der Waals surface area contributed by atoms with Crippen LogP contribution in [0.1, 0.15) is 23.7 Å². The third-order valence-electron chi connectivity index (χ3n) is 3.68. The van der Waals surface area contributed by atoms with Gasteiger partial charge in [-0.2, -0.15) is 0 Å². The number of nitrogens with zero attached hydrogens (tertiary/aromatic N) is 4. The molecule has 1 aliphatic heterocycles. The van der Waals surface area contributed by atoms with E-state index in [1.54, 1.807) is 6.33 Å². The predicted octanol–water partition coefficient (Wildman–Crippen LogP) is 1.98. The van der Waals surface area contributed by atoms with Crippen molar-refractivity contribution in [1.82, 2.24) is 19.7 Å². The van der Waals surface area contributed by atoms with Gasteiger partial charge in [-0.25, -0.2) is 0 Å². The van der Waals surface area contributed by atoms with Gasteiger partial charge >= 0.3 is 0 Å². The first-order valence-electron chi connectivity index (χ1n) is 7.11. The molecule has 0 spiro atoms. The number of hydrogen-bond donors (Lipinski definition) is 0. The minimum Gasteiger partial charge on any atom is -0.368 e. The Balaban J connectivity index is 1.59. The molecule has 2 aromatic heterocycles. The Kier molecular flexibility index (Phi) is 4.44. The molecule has 3 heterocycles. The molecule has 0 amide bonds. The van der Waals surface area contributed by atoms with E-state index in [1.807, 2.05) is 11.3 Å². The first-order chi connectivity index (χ1) is 9.86. The maximum Gasteiger partial charge on any atom is 0.163 e. The first kappa shape index (κ1) is 13.7. The van der Waals surface area contributed by atoms with Gasteiger partial charge < -0.3 is 9.30 Å². The van der Waals surface area contributed by atoms with Gasteiger partial charge in [-0.1, -0.05) is 6.07 Å². The van der Waals surface area contributed by atoms with Gasteiger partial charge in [0.05, 0.1) is 6.61 Å². The molecule has 1 saturated heterocycles. The molecule has 0 aliphatic carbocycles. The third kappa shape index (κ3) is 3.08. The van der Waals surface area contributed by atoms with Gasteiger partial charge in [0.25, 0.3) is 0 Å². The molecule has 2 aromatic rings. The summed E-state index contributed by atoms with van der Waals surface area (Å²) in [7, 11) is 0. The van der Waals surface area contributed by atoms with E-state index in [2.05, 4.69) is 44.1 Å². The Bertz CT molecular complexity index is 525. The van der Waals surface area contributed by atoms with E-state index in [1.165, 1.54) is 4.88 Å². The highest BCUT2D eigenvalue weighted by Gasteiger charge is 2.25. The van der Waals surface area contributed by atoms with Crippen molar-refractivity contribution in [3.8, 4) is 0 Å². The van der Waals surface area contributed by atoms with Crippen molar-refractivity contribution in [2.24, 2.45) is 0 Å². The van der Waals surface area contributed by atoms with E-state index >= 15 is 0 Å². The summed E-state index contributed by atoms with van der Waals surface area (Å²) in [5, 5.41) is 10.4. The summed E-state index contributed by atoms with van der Waals surface area (Å²) in [4.78, 5) is 3.91. The number of morpholine rings is 1. The summed E-state index contributed by atoms with van der Waals surface area (Å²) in [5.41, 5.74) is 0. The summed E-state index contributed by atoms with van der Waals surface area (Å²) in [6, 6.07) is 4.32. The molecule has 1 fully saturated rings. The predicted molar refractivity (Wildman–Crippen MR) is 78.9 cm³/mol. The molecular formula is C14H20N4OS. The maximum atomic E-state index is 5.87. The highest BCUT2D eigenvalue weighted by molar-refractivity contribution is 7.09. The number of thiophene rings is 1. The molecule has 0 radical (unpaired) electrons. The molecule has 1 atom stereocenters. The van der Waals surface area contributed by atoms with Crippen LogP contribution in [0.2, 0.25) is 0 Å². The van der Waals surface area contributed by atoms with Gasteiger partial charge in [0, 0.05) is 31.1 Å².